The smallest absolute Gasteiger partial charge is 0.291 e. The summed E-state index contributed by atoms with van der Waals surface area (Å²) in [6, 6.07) is 6.27. The number of benzene rings is 1. The molecule has 0 aliphatic heterocycles. The number of carbonyl (C=O) groups is 1. The number of carbonyl (C=O) groups excluding carboxylic acids is 1. The number of hydrogen-bond donors (Lipinski definition) is 2. The van der Waals surface area contributed by atoms with Crippen molar-refractivity contribution in [3.8, 4) is 0 Å². The third-order valence-corrected chi connectivity index (χ3v) is 2.42. The van der Waals surface area contributed by atoms with E-state index in [0.29, 0.717) is 5.56 Å². The van der Waals surface area contributed by atoms with Crippen LogP contribution in [0.3, 0.4) is 0 Å². The van der Waals surface area contributed by atoms with Crippen molar-refractivity contribution in [3.63, 3.8) is 0 Å². The van der Waals surface area contributed by atoms with Gasteiger partial charge in [-0.3, -0.25) is 9.89 Å². The standard InChI is InChI=1S/C11H12FN5O/c1-17(6-7-4-2-3-5-8(7)12)10(18)9-14-11(13)16-15-9/h2-5H,6H2,1H3,(H3,13,14,15,16). The van der Waals surface area contributed by atoms with Gasteiger partial charge >= 0.3 is 0 Å². The highest BCUT2D eigenvalue weighted by Gasteiger charge is 2.17. The van der Waals surface area contributed by atoms with Crippen LogP contribution in [-0.2, 0) is 6.54 Å². The summed E-state index contributed by atoms with van der Waals surface area (Å²) in [6.45, 7) is 0.145. The summed E-state index contributed by atoms with van der Waals surface area (Å²) < 4.78 is 13.4. The van der Waals surface area contributed by atoms with Crippen LogP contribution in [0.15, 0.2) is 24.3 Å². The summed E-state index contributed by atoms with van der Waals surface area (Å²) in [7, 11) is 1.55. The van der Waals surface area contributed by atoms with Crippen molar-refractivity contribution in [2.45, 2.75) is 6.54 Å². The molecule has 94 valence electrons. The molecule has 0 fully saturated rings. The van der Waals surface area contributed by atoms with E-state index in [9.17, 15) is 9.18 Å². The molecule has 1 aromatic carbocycles. The largest absolute Gasteiger partial charge is 0.366 e. The predicted octanol–water partition coefficient (Wildman–Crippen LogP) is 0.798. The summed E-state index contributed by atoms with van der Waals surface area (Å²) in [4.78, 5) is 16.9. The van der Waals surface area contributed by atoms with Crippen molar-refractivity contribution in [2.75, 3.05) is 12.8 Å². The van der Waals surface area contributed by atoms with Gasteiger partial charge in [0.15, 0.2) is 0 Å². The topological polar surface area (TPSA) is 87.9 Å². The van der Waals surface area contributed by atoms with E-state index in [1.165, 1.54) is 11.0 Å². The zero-order valence-electron chi connectivity index (χ0n) is 9.72. The maximum Gasteiger partial charge on any atom is 0.291 e. The van der Waals surface area contributed by atoms with E-state index >= 15 is 0 Å². The Bertz CT molecular complexity index is 568. The third-order valence-electron chi connectivity index (χ3n) is 2.42. The van der Waals surface area contributed by atoms with E-state index in [-0.39, 0.29) is 24.1 Å². The minimum absolute atomic E-state index is 0.00218. The molecule has 1 aromatic heterocycles. The molecule has 18 heavy (non-hydrogen) atoms. The Balaban J connectivity index is 2.11. The van der Waals surface area contributed by atoms with Crippen LogP contribution in [0.1, 0.15) is 16.2 Å². The Kier molecular flexibility index (Phi) is 3.22. The van der Waals surface area contributed by atoms with Gasteiger partial charge in [-0.1, -0.05) is 18.2 Å². The summed E-state index contributed by atoms with van der Waals surface area (Å²) >= 11 is 0. The van der Waals surface area contributed by atoms with Crippen molar-refractivity contribution >= 4 is 11.9 Å². The van der Waals surface area contributed by atoms with Crippen LogP contribution in [0.5, 0.6) is 0 Å². The highest BCUT2D eigenvalue weighted by atomic mass is 19.1. The van der Waals surface area contributed by atoms with Gasteiger partial charge in [0, 0.05) is 19.2 Å². The van der Waals surface area contributed by atoms with E-state index in [4.69, 9.17) is 5.73 Å². The number of nitrogens with one attached hydrogen (secondary N) is 1. The first-order valence-corrected chi connectivity index (χ1v) is 5.24. The maximum absolute atomic E-state index is 13.4. The highest BCUT2D eigenvalue weighted by Crippen LogP contribution is 2.10. The average molecular weight is 249 g/mol. The van der Waals surface area contributed by atoms with Gasteiger partial charge in [0.1, 0.15) is 5.82 Å². The minimum Gasteiger partial charge on any atom is -0.366 e. The van der Waals surface area contributed by atoms with E-state index in [2.05, 4.69) is 15.2 Å². The summed E-state index contributed by atoms with van der Waals surface area (Å²) in [6.07, 6.45) is 0. The number of nitrogen functional groups attached to an aromatic ring is 1. The van der Waals surface area contributed by atoms with Crippen LogP contribution >= 0.6 is 0 Å². The number of hydrogen-bond acceptors (Lipinski definition) is 4. The van der Waals surface area contributed by atoms with Crippen molar-refractivity contribution in [3.05, 3.63) is 41.5 Å². The minimum atomic E-state index is -0.401. The molecule has 0 saturated heterocycles. The molecule has 0 bridgehead atoms. The molecular formula is C11H12FN5O. The fourth-order valence-electron chi connectivity index (χ4n) is 1.51. The number of aromatic amines is 1. The lowest BCUT2D eigenvalue weighted by Gasteiger charge is -2.15. The van der Waals surface area contributed by atoms with Crippen molar-refractivity contribution in [1.82, 2.24) is 20.1 Å². The first-order valence-electron chi connectivity index (χ1n) is 5.24. The number of nitrogens with zero attached hydrogens (tertiary/aromatic N) is 3. The second kappa shape index (κ2) is 4.82. The predicted molar refractivity (Wildman–Crippen MR) is 63.0 cm³/mol. The zero-order chi connectivity index (χ0) is 13.1. The molecule has 0 spiro atoms. The molecule has 6 nitrogen and oxygen atoms in total. The quantitative estimate of drug-likeness (QED) is 0.842. The van der Waals surface area contributed by atoms with E-state index in [1.807, 2.05) is 0 Å². The summed E-state index contributed by atoms with van der Waals surface area (Å²) in [5.41, 5.74) is 5.74. The number of H-pyrrole nitrogens is 1. The molecular weight excluding hydrogens is 237 g/mol. The van der Waals surface area contributed by atoms with Crippen LogP contribution in [0, 0.1) is 5.82 Å². The van der Waals surface area contributed by atoms with Gasteiger partial charge in [0.05, 0.1) is 0 Å². The lowest BCUT2D eigenvalue weighted by molar-refractivity contribution is 0.0772. The van der Waals surface area contributed by atoms with Gasteiger partial charge in [-0.2, -0.15) is 4.98 Å². The molecule has 1 heterocycles. The lowest BCUT2D eigenvalue weighted by atomic mass is 10.2. The van der Waals surface area contributed by atoms with Crippen LogP contribution in [0.25, 0.3) is 0 Å². The van der Waals surface area contributed by atoms with Crippen LogP contribution < -0.4 is 5.73 Å². The normalized spacial score (nSPS) is 10.3. The van der Waals surface area contributed by atoms with Gasteiger partial charge in [0.2, 0.25) is 11.8 Å². The van der Waals surface area contributed by atoms with Gasteiger partial charge in [-0.05, 0) is 6.07 Å². The van der Waals surface area contributed by atoms with E-state index in [1.54, 1.807) is 25.2 Å². The van der Waals surface area contributed by atoms with Crippen LogP contribution in [-0.4, -0.2) is 33.0 Å². The molecule has 0 aliphatic carbocycles. The number of nitrogens with two attached hydrogens (primary N) is 1. The number of amides is 1. The Hall–Kier alpha value is -2.44. The number of aromatic nitrogens is 3. The Labute approximate surface area is 103 Å². The summed E-state index contributed by atoms with van der Waals surface area (Å²) in [5.74, 6) is -0.722. The zero-order valence-corrected chi connectivity index (χ0v) is 9.72. The monoisotopic (exact) mass is 249 g/mol. The van der Waals surface area contributed by atoms with Crippen LogP contribution in [0.4, 0.5) is 10.3 Å². The molecule has 3 N–H and O–H groups in total. The van der Waals surface area contributed by atoms with Gasteiger partial charge in [-0.15, -0.1) is 5.10 Å². The number of halogens is 1. The van der Waals surface area contributed by atoms with Gasteiger partial charge in [-0.25, -0.2) is 4.39 Å². The molecule has 1 amide bonds. The summed E-state index contributed by atoms with van der Waals surface area (Å²) in [5, 5.41) is 5.98. The second-order valence-electron chi connectivity index (χ2n) is 3.79. The average Bonchev–Trinajstić information content (AvgIpc) is 2.78. The third kappa shape index (κ3) is 2.45. The van der Waals surface area contributed by atoms with Crippen molar-refractivity contribution in [1.29, 1.82) is 0 Å². The lowest BCUT2D eigenvalue weighted by Crippen LogP contribution is -2.27. The number of anilines is 1. The SMILES string of the molecule is CN(Cc1ccccc1F)C(=O)c1nc(N)n[nH]1. The van der Waals surface area contributed by atoms with Gasteiger partial charge in [0.25, 0.3) is 5.91 Å². The Morgan fingerprint density at radius 1 is 1.50 bits per heavy atom. The molecule has 0 atom stereocenters. The number of rotatable bonds is 3. The maximum atomic E-state index is 13.4. The van der Waals surface area contributed by atoms with Gasteiger partial charge < -0.3 is 10.6 Å². The fourth-order valence-corrected chi connectivity index (χ4v) is 1.51. The Morgan fingerprint density at radius 3 is 2.83 bits per heavy atom. The molecule has 0 saturated carbocycles. The fraction of sp³-hybridized carbons (Fsp3) is 0.182. The van der Waals surface area contributed by atoms with E-state index in [0.717, 1.165) is 0 Å². The van der Waals surface area contributed by atoms with Crippen LogP contribution in [0.2, 0.25) is 0 Å². The Morgan fingerprint density at radius 2 is 2.22 bits per heavy atom. The molecule has 0 unspecified atom stereocenters. The first kappa shape index (κ1) is 12.0. The molecule has 0 radical (unpaired) electrons. The molecule has 7 heteroatoms. The molecule has 2 rings (SSSR count). The van der Waals surface area contributed by atoms with E-state index < -0.39 is 5.91 Å². The molecule has 2 aromatic rings. The second-order valence-corrected chi connectivity index (χ2v) is 3.79. The van der Waals surface area contributed by atoms with Crippen molar-refractivity contribution in [2.24, 2.45) is 0 Å². The van der Waals surface area contributed by atoms with Crippen molar-refractivity contribution < 1.29 is 9.18 Å². The first-order chi connectivity index (χ1) is 8.58. The molecule has 0 aliphatic rings. The highest BCUT2D eigenvalue weighted by molar-refractivity contribution is 5.90.